The summed E-state index contributed by atoms with van der Waals surface area (Å²) in [5, 5.41) is 31.0. The summed E-state index contributed by atoms with van der Waals surface area (Å²) in [6.07, 6.45) is 0. The van der Waals surface area contributed by atoms with E-state index in [-0.39, 0.29) is 23.8 Å². The van der Waals surface area contributed by atoms with Crippen molar-refractivity contribution in [2.24, 2.45) is 0 Å². The average molecular weight is 614 g/mol. The summed E-state index contributed by atoms with van der Waals surface area (Å²) in [5.74, 6) is 1.82. The summed E-state index contributed by atoms with van der Waals surface area (Å²) in [4.78, 5) is 21.8. The molecule has 1 aromatic heterocycles. The van der Waals surface area contributed by atoms with Crippen LogP contribution in [-0.4, -0.2) is 37.8 Å². The molecule has 11 nitrogen and oxygen atoms in total. The van der Waals surface area contributed by atoms with E-state index in [1.54, 1.807) is 30.3 Å². The maximum Gasteiger partial charge on any atom is 0.269 e. The summed E-state index contributed by atoms with van der Waals surface area (Å²) < 4.78 is 14.2. The lowest BCUT2D eigenvalue weighted by molar-refractivity contribution is -0.479. The Labute approximate surface area is 236 Å². The third-order valence-corrected chi connectivity index (χ3v) is 7.28. The Morgan fingerprint density at radius 2 is 1.72 bits per heavy atom. The van der Waals surface area contributed by atoms with Crippen molar-refractivity contribution >= 4 is 33.4 Å². The number of aromatic nitrogens is 3. The number of nitrogens with zero attached hydrogens (tertiary/aromatic N) is 5. The molecule has 0 radical (unpaired) electrons. The van der Waals surface area contributed by atoms with Crippen LogP contribution in [0.5, 0.6) is 11.5 Å². The van der Waals surface area contributed by atoms with Crippen LogP contribution in [0.4, 0.5) is 5.69 Å². The Bertz CT molecular complexity index is 1460. The van der Waals surface area contributed by atoms with Gasteiger partial charge in [-0.05, 0) is 74.0 Å². The third-order valence-electron chi connectivity index (χ3n) is 5.62. The molecule has 0 amide bonds. The molecule has 1 heterocycles. The van der Waals surface area contributed by atoms with E-state index in [1.807, 2.05) is 42.7 Å². The van der Waals surface area contributed by atoms with Gasteiger partial charge in [0.15, 0.2) is 5.16 Å². The fourth-order valence-electron chi connectivity index (χ4n) is 3.81. The molecule has 3 aromatic carbocycles. The van der Waals surface area contributed by atoms with Crippen LogP contribution in [0.1, 0.15) is 29.1 Å². The first kappa shape index (κ1) is 28.0. The first-order valence-electron chi connectivity index (χ1n) is 11.8. The second kappa shape index (κ2) is 12.7. The minimum Gasteiger partial charge on any atom is -0.494 e. The zero-order chi connectivity index (χ0) is 27.9. The number of aryl methyl sites for hydroxylation is 1. The number of non-ortho nitro benzene ring substituents is 1. The third kappa shape index (κ3) is 7.12. The van der Waals surface area contributed by atoms with Crippen LogP contribution < -0.4 is 9.47 Å². The molecule has 4 rings (SSSR count). The van der Waals surface area contributed by atoms with E-state index in [9.17, 15) is 20.2 Å². The van der Waals surface area contributed by atoms with Gasteiger partial charge in [0.2, 0.25) is 6.54 Å². The van der Waals surface area contributed by atoms with Crippen LogP contribution >= 0.6 is 27.7 Å². The highest BCUT2D eigenvalue weighted by molar-refractivity contribution is 9.10. The fraction of sp³-hybridized carbons (Fsp3) is 0.231. The number of hydrogen-bond acceptors (Lipinski definition) is 9. The number of benzene rings is 3. The maximum absolute atomic E-state index is 11.7. The molecule has 1 atom stereocenters. The van der Waals surface area contributed by atoms with Gasteiger partial charge in [0.25, 0.3) is 5.69 Å². The minimum atomic E-state index is -0.658. The van der Waals surface area contributed by atoms with Crippen molar-refractivity contribution in [1.29, 1.82) is 0 Å². The zero-order valence-corrected chi connectivity index (χ0v) is 23.4. The molecular formula is C26H24BrN5O6S. The minimum absolute atomic E-state index is 0.0162. The smallest absolute Gasteiger partial charge is 0.269 e. The van der Waals surface area contributed by atoms with Crippen LogP contribution in [0.15, 0.2) is 76.4 Å². The van der Waals surface area contributed by atoms with Crippen LogP contribution in [0.25, 0.3) is 5.69 Å². The van der Waals surface area contributed by atoms with Gasteiger partial charge in [0, 0.05) is 32.8 Å². The van der Waals surface area contributed by atoms with Gasteiger partial charge in [-0.3, -0.25) is 24.8 Å². The van der Waals surface area contributed by atoms with Crippen LogP contribution in [0, 0.1) is 27.2 Å². The van der Waals surface area contributed by atoms with E-state index >= 15 is 0 Å². The van der Waals surface area contributed by atoms with E-state index in [4.69, 9.17) is 9.47 Å². The summed E-state index contributed by atoms with van der Waals surface area (Å²) in [5.41, 5.74) is 2.11. The molecule has 202 valence electrons. The number of ether oxygens (including phenoxy) is 2. The SMILES string of the molecule is CCOc1ccc(-n2c(C)nnc2S[C@@H](C[N+](=O)[O-])c2cc(Br)ccc2OCc2ccc([N+](=O)[O-])cc2)cc1. The van der Waals surface area contributed by atoms with E-state index in [0.29, 0.717) is 28.9 Å². The zero-order valence-electron chi connectivity index (χ0n) is 21.0. The van der Waals surface area contributed by atoms with Gasteiger partial charge in [-0.1, -0.05) is 27.7 Å². The topological polar surface area (TPSA) is 135 Å². The van der Waals surface area contributed by atoms with Crippen molar-refractivity contribution in [3.63, 3.8) is 0 Å². The summed E-state index contributed by atoms with van der Waals surface area (Å²) >= 11 is 4.68. The Kier molecular flexibility index (Phi) is 9.15. The number of rotatable bonds is 12. The van der Waals surface area contributed by atoms with E-state index in [2.05, 4.69) is 26.1 Å². The highest BCUT2D eigenvalue weighted by atomic mass is 79.9. The monoisotopic (exact) mass is 613 g/mol. The van der Waals surface area contributed by atoms with Crippen molar-refractivity contribution < 1.29 is 19.3 Å². The Hall–Kier alpha value is -3.97. The van der Waals surface area contributed by atoms with Crippen molar-refractivity contribution in [2.45, 2.75) is 30.9 Å². The molecule has 39 heavy (non-hydrogen) atoms. The van der Waals surface area contributed by atoms with E-state index < -0.39 is 10.2 Å². The second-order valence-corrected chi connectivity index (χ2v) is 10.4. The number of hydrogen-bond donors (Lipinski definition) is 0. The van der Waals surface area contributed by atoms with Gasteiger partial charge in [-0.2, -0.15) is 0 Å². The summed E-state index contributed by atoms with van der Waals surface area (Å²) in [7, 11) is 0. The molecule has 13 heteroatoms. The molecule has 0 N–H and O–H groups in total. The molecule has 0 saturated carbocycles. The van der Waals surface area contributed by atoms with Crippen LogP contribution in [0.3, 0.4) is 0 Å². The van der Waals surface area contributed by atoms with Gasteiger partial charge in [0.1, 0.15) is 29.2 Å². The predicted molar refractivity (Wildman–Crippen MR) is 149 cm³/mol. The number of nitro benzene ring substituents is 1. The summed E-state index contributed by atoms with van der Waals surface area (Å²) in [6.45, 7) is 4.02. The van der Waals surface area contributed by atoms with E-state index in [0.717, 1.165) is 21.5 Å². The lowest BCUT2D eigenvalue weighted by Crippen LogP contribution is -2.13. The Balaban J connectivity index is 1.63. The highest BCUT2D eigenvalue weighted by Crippen LogP contribution is 2.41. The average Bonchev–Trinajstić information content (AvgIpc) is 3.27. The predicted octanol–water partition coefficient (Wildman–Crippen LogP) is 6.33. The maximum atomic E-state index is 11.7. The molecule has 0 bridgehead atoms. The Morgan fingerprint density at radius 1 is 1.00 bits per heavy atom. The normalized spacial score (nSPS) is 11.7. The molecule has 0 aliphatic carbocycles. The van der Waals surface area contributed by atoms with Crippen molar-refractivity contribution in [3.05, 3.63) is 108 Å². The van der Waals surface area contributed by atoms with Crippen LogP contribution in [0.2, 0.25) is 0 Å². The molecular weight excluding hydrogens is 590 g/mol. The first-order chi connectivity index (χ1) is 18.7. The quantitative estimate of drug-likeness (QED) is 0.102. The fourth-order valence-corrected chi connectivity index (χ4v) is 5.39. The molecule has 0 saturated heterocycles. The molecule has 0 aliphatic rings. The van der Waals surface area contributed by atoms with Gasteiger partial charge >= 0.3 is 0 Å². The second-order valence-electron chi connectivity index (χ2n) is 8.31. The van der Waals surface area contributed by atoms with Crippen molar-refractivity contribution in [2.75, 3.05) is 13.2 Å². The molecule has 0 fully saturated rings. The van der Waals surface area contributed by atoms with Gasteiger partial charge in [0.05, 0.1) is 11.5 Å². The van der Waals surface area contributed by atoms with Gasteiger partial charge in [-0.25, -0.2) is 0 Å². The lowest BCUT2D eigenvalue weighted by atomic mass is 10.1. The number of halogens is 1. The summed E-state index contributed by atoms with van der Waals surface area (Å²) in [6, 6.07) is 18.8. The van der Waals surface area contributed by atoms with Crippen molar-refractivity contribution in [1.82, 2.24) is 14.8 Å². The standard InChI is InChI=1S/C26H24BrN5O6S/c1-3-37-22-11-9-20(10-12-22)31-17(2)28-29-26(31)39-25(15-30(33)34)23-14-19(27)6-13-24(23)38-16-18-4-7-21(8-5-18)32(35)36/h4-14,25H,3,15-16H2,1-2H3/t25-/m0/s1. The molecule has 0 unspecified atom stereocenters. The Morgan fingerprint density at radius 3 is 2.36 bits per heavy atom. The lowest BCUT2D eigenvalue weighted by Gasteiger charge is -2.18. The molecule has 0 spiro atoms. The van der Waals surface area contributed by atoms with E-state index in [1.165, 1.54) is 23.9 Å². The molecule has 0 aliphatic heterocycles. The highest BCUT2D eigenvalue weighted by Gasteiger charge is 2.27. The van der Waals surface area contributed by atoms with Gasteiger partial charge in [-0.15, -0.1) is 10.2 Å². The number of nitro groups is 2. The number of thioether (sulfide) groups is 1. The van der Waals surface area contributed by atoms with Crippen molar-refractivity contribution in [3.8, 4) is 17.2 Å². The van der Waals surface area contributed by atoms with Crippen LogP contribution in [-0.2, 0) is 6.61 Å². The molecule has 4 aromatic rings. The largest absolute Gasteiger partial charge is 0.494 e. The van der Waals surface area contributed by atoms with Gasteiger partial charge < -0.3 is 9.47 Å². The first-order valence-corrected chi connectivity index (χ1v) is 13.5.